The normalized spacial score (nSPS) is 11.0. The van der Waals surface area contributed by atoms with Gasteiger partial charge >= 0.3 is 0 Å². The molecule has 5 nitrogen and oxygen atoms in total. The summed E-state index contributed by atoms with van der Waals surface area (Å²) in [5.41, 5.74) is 3.23. The Balaban J connectivity index is 1.49. The highest BCUT2D eigenvalue weighted by atomic mass is 35.5. The second-order valence-electron chi connectivity index (χ2n) is 5.57. The van der Waals surface area contributed by atoms with Crippen molar-refractivity contribution in [2.24, 2.45) is 0 Å². The van der Waals surface area contributed by atoms with Crippen LogP contribution in [0.2, 0.25) is 10.0 Å². The Kier molecular flexibility index (Phi) is 4.63. The van der Waals surface area contributed by atoms with Gasteiger partial charge in [-0.3, -0.25) is 4.79 Å². The number of imidazole rings is 1. The zero-order chi connectivity index (χ0) is 18.1. The summed E-state index contributed by atoms with van der Waals surface area (Å²) in [4.78, 5) is 21.1. The number of thiazole rings is 1. The molecule has 0 aliphatic carbocycles. The van der Waals surface area contributed by atoms with Gasteiger partial charge in [0.1, 0.15) is 6.54 Å². The molecule has 0 spiro atoms. The lowest BCUT2D eigenvalue weighted by atomic mass is 10.2. The summed E-state index contributed by atoms with van der Waals surface area (Å²) >= 11 is 13.5. The van der Waals surface area contributed by atoms with Crippen molar-refractivity contribution in [1.82, 2.24) is 14.5 Å². The number of hydrogen-bond acceptors (Lipinski definition) is 4. The maximum atomic E-state index is 12.3. The molecule has 0 unspecified atom stereocenters. The Morgan fingerprint density at radius 3 is 2.88 bits per heavy atom. The number of fused-ring (bicyclic) bond motifs is 1. The first-order valence-electron chi connectivity index (χ1n) is 7.71. The van der Waals surface area contributed by atoms with Gasteiger partial charge in [-0.1, -0.05) is 35.3 Å². The number of benzene rings is 2. The maximum absolute atomic E-state index is 12.3. The molecule has 0 atom stereocenters. The van der Waals surface area contributed by atoms with Gasteiger partial charge in [0.25, 0.3) is 0 Å². The number of aromatic nitrogens is 3. The molecule has 0 saturated carbocycles. The van der Waals surface area contributed by atoms with Gasteiger partial charge in [-0.05, 0) is 30.3 Å². The summed E-state index contributed by atoms with van der Waals surface area (Å²) < 4.78 is 1.80. The molecule has 0 aliphatic rings. The highest BCUT2D eigenvalue weighted by Gasteiger charge is 2.12. The van der Waals surface area contributed by atoms with Crippen LogP contribution in [0.3, 0.4) is 0 Å². The predicted molar refractivity (Wildman–Crippen MR) is 106 cm³/mol. The van der Waals surface area contributed by atoms with Crippen molar-refractivity contribution in [2.45, 2.75) is 6.54 Å². The standard InChI is InChI=1S/C18H12Cl2N4OS/c19-11-5-6-12(13(20)7-11)15-9-26-18(22-15)23-17(25)8-24-10-21-14-3-1-2-4-16(14)24/h1-7,9-10H,8H2,(H,22,23,25). The summed E-state index contributed by atoms with van der Waals surface area (Å²) in [6.07, 6.45) is 1.66. The zero-order valence-corrected chi connectivity index (χ0v) is 15.6. The monoisotopic (exact) mass is 402 g/mol. The van der Waals surface area contributed by atoms with Crippen LogP contribution < -0.4 is 5.32 Å². The Morgan fingerprint density at radius 2 is 2.04 bits per heavy atom. The highest BCUT2D eigenvalue weighted by molar-refractivity contribution is 7.14. The van der Waals surface area contributed by atoms with E-state index in [2.05, 4.69) is 15.3 Å². The Bertz CT molecular complexity index is 1110. The molecule has 1 amide bonds. The molecule has 0 bridgehead atoms. The summed E-state index contributed by atoms with van der Waals surface area (Å²) in [7, 11) is 0. The third-order valence-electron chi connectivity index (χ3n) is 3.80. The number of hydrogen-bond donors (Lipinski definition) is 1. The van der Waals surface area contributed by atoms with Crippen LogP contribution in [0.4, 0.5) is 5.13 Å². The molecule has 4 aromatic rings. The highest BCUT2D eigenvalue weighted by Crippen LogP contribution is 2.32. The topological polar surface area (TPSA) is 59.8 Å². The van der Waals surface area contributed by atoms with Crippen molar-refractivity contribution in [3.05, 3.63) is 64.2 Å². The van der Waals surface area contributed by atoms with Crippen molar-refractivity contribution in [2.75, 3.05) is 5.32 Å². The van der Waals surface area contributed by atoms with E-state index in [1.807, 2.05) is 35.7 Å². The van der Waals surface area contributed by atoms with E-state index in [9.17, 15) is 4.79 Å². The molecule has 2 heterocycles. The number of nitrogens with zero attached hydrogens (tertiary/aromatic N) is 3. The van der Waals surface area contributed by atoms with E-state index in [-0.39, 0.29) is 12.5 Å². The Hall–Kier alpha value is -2.41. The summed E-state index contributed by atoms with van der Waals surface area (Å²) in [5, 5.41) is 6.26. The molecule has 0 radical (unpaired) electrons. The average molecular weight is 403 g/mol. The lowest BCUT2D eigenvalue weighted by Gasteiger charge is -2.04. The van der Waals surface area contributed by atoms with Gasteiger partial charge in [0, 0.05) is 16.0 Å². The number of carbonyl (C=O) groups is 1. The Morgan fingerprint density at radius 1 is 1.19 bits per heavy atom. The molecule has 130 valence electrons. The lowest BCUT2D eigenvalue weighted by molar-refractivity contribution is -0.116. The van der Waals surface area contributed by atoms with Crippen LogP contribution in [0.15, 0.2) is 54.2 Å². The minimum atomic E-state index is -0.170. The first-order chi connectivity index (χ1) is 12.6. The van der Waals surface area contributed by atoms with E-state index >= 15 is 0 Å². The summed E-state index contributed by atoms with van der Waals surface area (Å²) in [5.74, 6) is -0.170. The number of anilines is 1. The van der Waals surface area contributed by atoms with Crippen LogP contribution in [-0.2, 0) is 11.3 Å². The molecule has 0 saturated heterocycles. The van der Waals surface area contributed by atoms with Gasteiger partial charge in [-0.2, -0.15) is 0 Å². The Labute approximate surface area is 163 Å². The van der Waals surface area contributed by atoms with E-state index in [1.54, 1.807) is 23.0 Å². The smallest absolute Gasteiger partial charge is 0.246 e. The van der Waals surface area contributed by atoms with Crippen LogP contribution >= 0.6 is 34.5 Å². The SMILES string of the molecule is O=C(Cn1cnc2ccccc21)Nc1nc(-c2ccc(Cl)cc2Cl)cs1. The second-order valence-corrected chi connectivity index (χ2v) is 7.27. The fraction of sp³-hybridized carbons (Fsp3) is 0.0556. The lowest BCUT2D eigenvalue weighted by Crippen LogP contribution is -2.18. The molecule has 2 aromatic carbocycles. The van der Waals surface area contributed by atoms with Crippen molar-refractivity contribution in [3.8, 4) is 11.3 Å². The third kappa shape index (κ3) is 3.44. The van der Waals surface area contributed by atoms with Gasteiger partial charge in [-0.15, -0.1) is 11.3 Å². The van der Waals surface area contributed by atoms with Crippen LogP contribution in [0, 0.1) is 0 Å². The minimum absolute atomic E-state index is 0.164. The number of halogens is 2. The molecule has 0 fully saturated rings. The molecular formula is C18H12Cl2N4OS. The van der Waals surface area contributed by atoms with Gasteiger partial charge in [0.05, 0.1) is 28.1 Å². The van der Waals surface area contributed by atoms with Crippen LogP contribution in [-0.4, -0.2) is 20.4 Å². The summed E-state index contributed by atoms with van der Waals surface area (Å²) in [6, 6.07) is 12.9. The van der Waals surface area contributed by atoms with Gasteiger partial charge in [-0.25, -0.2) is 9.97 Å². The molecule has 4 rings (SSSR count). The van der Waals surface area contributed by atoms with E-state index in [0.29, 0.717) is 20.9 Å². The van der Waals surface area contributed by atoms with Crippen molar-refractivity contribution < 1.29 is 4.79 Å². The van der Waals surface area contributed by atoms with Gasteiger partial charge in [0.2, 0.25) is 5.91 Å². The number of nitrogens with one attached hydrogen (secondary N) is 1. The fourth-order valence-electron chi connectivity index (χ4n) is 2.60. The van der Waals surface area contributed by atoms with Crippen molar-refractivity contribution >= 4 is 56.6 Å². The zero-order valence-electron chi connectivity index (χ0n) is 13.3. The average Bonchev–Trinajstić information content (AvgIpc) is 3.23. The van der Waals surface area contributed by atoms with Crippen LogP contribution in [0.25, 0.3) is 22.3 Å². The molecule has 2 aromatic heterocycles. The van der Waals surface area contributed by atoms with Gasteiger partial charge in [0.15, 0.2) is 5.13 Å². The predicted octanol–water partition coefficient (Wildman–Crippen LogP) is 5.11. The van der Waals surface area contributed by atoms with Crippen LogP contribution in [0.1, 0.15) is 0 Å². The first kappa shape index (κ1) is 17.0. The van der Waals surface area contributed by atoms with E-state index in [1.165, 1.54) is 11.3 Å². The summed E-state index contributed by atoms with van der Waals surface area (Å²) in [6.45, 7) is 0.164. The van der Waals surface area contributed by atoms with E-state index in [4.69, 9.17) is 23.2 Å². The van der Waals surface area contributed by atoms with Gasteiger partial charge < -0.3 is 9.88 Å². The van der Waals surface area contributed by atoms with Crippen LogP contribution in [0.5, 0.6) is 0 Å². The number of carbonyl (C=O) groups excluding carboxylic acids is 1. The maximum Gasteiger partial charge on any atom is 0.246 e. The van der Waals surface area contributed by atoms with E-state index in [0.717, 1.165) is 16.6 Å². The van der Waals surface area contributed by atoms with E-state index < -0.39 is 0 Å². The second kappa shape index (κ2) is 7.07. The largest absolute Gasteiger partial charge is 0.321 e. The number of rotatable bonds is 4. The fourth-order valence-corrected chi connectivity index (χ4v) is 3.83. The number of para-hydroxylation sites is 2. The van der Waals surface area contributed by atoms with Crippen molar-refractivity contribution in [3.63, 3.8) is 0 Å². The van der Waals surface area contributed by atoms with Crippen molar-refractivity contribution in [1.29, 1.82) is 0 Å². The molecule has 8 heteroatoms. The molecule has 0 aliphatic heterocycles. The molecule has 1 N–H and O–H groups in total. The molecular weight excluding hydrogens is 391 g/mol. The number of amides is 1. The quantitative estimate of drug-likeness (QED) is 0.516. The minimum Gasteiger partial charge on any atom is -0.321 e. The molecule has 26 heavy (non-hydrogen) atoms. The third-order valence-corrected chi connectivity index (χ3v) is 5.10. The first-order valence-corrected chi connectivity index (χ1v) is 9.34.